The fourth-order valence-corrected chi connectivity index (χ4v) is 1.58. The number of esters is 2. The van der Waals surface area contributed by atoms with Crippen molar-refractivity contribution >= 4 is 11.9 Å². The average Bonchev–Trinajstić information content (AvgIpc) is 2.27. The van der Waals surface area contributed by atoms with E-state index < -0.39 is 42.6 Å². The van der Waals surface area contributed by atoms with Crippen LogP contribution in [0.3, 0.4) is 0 Å². The molecule has 1 aliphatic rings. The molecule has 1 heterocycles. The quantitative estimate of drug-likeness (QED) is 0.496. The minimum atomic E-state index is -1.60. The lowest BCUT2D eigenvalue weighted by atomic mass is 9.99. The molecule has 1 saturated heterocycles. The van der Waals surface area contributed by atoms with Crippen LogP contribution in [0.5, 0.6) is 0 Å². The summed E-state index contributed by atoms with van der Waals surface area (Å²) in [7, 11) is 0. The highest BCUT2D eigenvalue weighted by molar-refractivity contribution is 5.66. The third kappa shape index (κ3) is 3.64. The van der Waals surface area contributed by atoms with E-state index in [0.717, 1.165) is 6.92 Å². The first-order chi connectivity index (χ1) is 8.32. The number of aliphatic hydroxyl groups is 3. The molecule has 0 aromatic carbocycles. The zero-order valence-corrected chi connectivity index (χ0v) is 9.98. The molecule has 8 nitrogen and oxygen atoms in total. The summed E-state index contributed by atoms with van der Waals surface area (Å²) in [6, 6.07) is 0. The first kappa shape index (κ1) is 14.8. The maximum Gasteiger partial charge on any atom is 0.303 e. The van der Waals surface area contributed by atoms with Crippen molar-refractivity contribution < 1.29 is 39.1 Å². The highest BCUT2D eigenvalue weighted by Gasteiger charge is 2.46. The lowest BCUT2D eigenvalue weighted by molar-refractivity contribution is -0.291. The maximum atomic E-state index is 10.8. The van der Waals surface area contributed by atoms with Crippen molar-refractivity contribution in [1.29, 1.82) is 0 Å². The zero-order chi connectivity index (χ0) is 13.9. The van der Waals surface area contributed by atoms with Gasteiger partial charge in [-0.25, -0.2) is 0 Å². The molecule has 0 amide bonds. The van der Waals surface area contributed by atoms with Crippen molar-refractivity contribution in [1.82, 2.24) is 0 Å². The lowest BCUT2D eigenvalue weighted by Crippen LogP contribution is -2.59. The molecule has 0 aromatic rings. The van der Waals surface area contributed by atoms with Crippen LogP contribution in [-0.2, 0) is 23.8 Å². The number of carbonyl (C=O) groups is 2. The number of aliphatic hydroxyl groups excluding tert-OH is 3. The second-order valence-corrected chi connectivity index (χ2v) is 3.92. The summed E-state index contributed by atoms with van der Waals surface area (Å²) in [5, 5.41) is 28.9. The number of hydrogen-bond acceptors (Lipinski definition) is 8. The topological polar surface area (TPSA) is 123 Å². The largest absolute Gasteiger partial charge is 0.463 e. The van der Waals surface area contributed by atoms with Crippen LogP contribution in [0, 0.1) is 0 Å². The summed E-state index contributed by atoms with van der Waals surface area (Å²) >= 11 is 0. The fraction of sp³-hybridized carbons (Fsp3) is 0.800. The van der Waals surface area contributed by atoms with Crippen molar-refractivity contribution in [2.45, 2.75) is 44.6 Å². The van der Waals surface area contributed by atoms with Gasteiger partial charge in [0.1, 0.15) is 24.9 Å². The van der Waals surface area contributed by atoms with Gasteiger partial charge in [-0.3, -0.25) is 9.59 Å². The van der Waals surface area contributed by atoms with Crippen LogP contribution in [0.2, 0.25) is 0 Å². The number of hydrogen-bond donors (Lipinski definition) is 3. The van der Waals surface area contributed by atoms with Gasteiger partial charge in [0, 0.05) is 13.8 Å². The van der Waals surface area contributed by atoms with E-state index in [2.05, 4.69) is 9.47 Å². The summed E-state index contributed by atoms with van der Waals surface area (Å²) in [5.74, 6) is -1.32. The van der Waals surface area contributed by atoms with E-state index in [1.165, 1.54) is 6.92 Å². The van der Waals surface area contributed by atoms with Crippen molar-refractivity contribution in [3.63, 3.8) is 0 Å². The molecular weight excluding hydrogens is 248 g/mol. The predicted molar refractivity (Wildman–Crippen MR) is 55.1 cm³/mol. The van der Waals surface area contributed by atoms with Gasteiger partial charge in [0.05, 0.1) is 0 Å². The highest BCUT2D eigenvalue weighted by atomic mass is 16.7. The van der Waals surface area contributed by atoms with Crippen LogP contribution in [0.4, 0.5) is 0 Å². The standard InChI is InChI=1S/C10H16O8/c1-4(11)16-3-6-7(13)8(14)9(10(15)18-6)17-5(2)12/h6-10,13-15H,3H2,1-2H3/t6-,7+,8+,9-,10-/m1/s1. The molecule has 0 aliphatic carbocycles. The van der Waals surface area contributed by atoms with E-state index in [1.54, 1.807) is 0 Å². The average molecular weight is 264 g/mol. The summed E-state index contributed by atoms with van der Waals surface area (Å²) < 4.78 is 14.2. The minimum absolute atomic E-state index is 0.322. The van der Waals surface area contributed by atoms with E-state index in [4.69, 9.17) is 4.74 Å². The number of carbonyl (C=O) groups excluding carboxylic acids is 2. The number of ether oxygens (including phenoxy) is 3. The van der Waals surface area contributed by atoms with Crippen molar-refractivity contribution in [2.75, 3.05) is 6.61 Å². The summed E-state index contributed by atoms with van der Waals surface area (Å²) in [6.07, 6.45) is -7.06. The fourth-order valence-electron chi connectivity index (χ4n) is 1.58. The number of rotatable bonds is 3. The highest BCUT2D eigenvalue weighted by Crippen LogP contribution is 2.22. The Morgan fingerprint density at radius 2 is 1.72 bits per heavy atom. The van der Waals surface area contributed by atoms with Crippen molar-refractivity contribution in [2.24, 2.45) is 0 Å². The Morgan fingerprint density at radius 1 is 1.11 bits per heavy atom. The van der Waals surface area contributed by atoms with Crippen LogP contribution in [-0.4, -0.2) is 64.6 Å². The molecule has 5 atom stereocenters. The van der Waals surface area contributed by atoms with E-state index in [9.17, 15) is 24.9 Å². The molecule has 0 saturated carbocycles. The van der Waals surface area contributed by atoms with E-state index in [-0.39, 0.29) is 6.61 Å². The van der Waals surface area contributed by atoms with Gasteiger partial charge in [0.2, 0.25) is 0 Å². The molecule has 0 bridgehead atoms. The summed E-state index contributed by atoms with van der Waals surface area (Å²) in [6.45, 7) is 1.94. The maximum absolute atomic E-state index is 10.8. The molecule has 0 spiro atoms. The molecule has 18 heavy (non-hydrogen) atoms. The first-order valence-corrected chi connectivity index (χ1v) is 5.33. The van der Waals surface area contributed by atoms with Crippen LogP contribution in [0.25, 0.3) is 0 Å². The molecule has 0 aromatic heterocycles. The molecule has 1 aliphatic heterocycles. The van der Waals surface area contributed by atoms with Gasteiger partial charge in [-0.1, -0.05) is 0 Å². The Hall–Kier alpha value is -1.22. The van der Waals surface area contributed by atoms with E-state index in [0.29, 0.717) is 0 Å². The lowest BCUT2D eigenvalue weighted by Gasteiger charge is -2.39. The molecule has 0 radical (unpaired) electrons. The van der Waals surface area contributed by atoms with E-state index >= 15 is 0 Å². The van der Waals surface area contributed by atoms with Crippen LogP contribution < -0.4 is 0 Å². The van der Waals surface area contributed by atoms with Crippen molar-refractivity contribution in [3.05, 3.63) is 0 Å². The molecule has 0 unspecified atom stereocenters. The normalized spacial score (nSPS) is 35.9. The molecular formula is C10H16O8. The molecule has 3 N–H and O–H groups in total. The molecule has 8 heteroatoms. The summed E-state index contributed by atoms with van der Waals surface area (Å²) in [4.78, 5) is 21.4. The predicted octanol–water partition coefficient (Wildman–Crippen LogP) is -2.08. The monoisotopic (exact) mass is 264 g/mol. The summed E-state index contributed by atoms with van der Waals surface area (Å²) in [5.41, 5.74) is 0. The third-order valence-electron chi connectivity index (χ3n) is 2.42. The molecule has 104 valence electrons. The SMILES string of the molecule is CC(=O)OC[C@H]1O[C@@H](O)[C@H](OC(C)=O)[C@@H](O)[C@H]1O. The van der Waals surface area contributed by atoms with Gasteiger partial charge in [0.25, 0.3) is 0 Å². The second kappa shape index (κ2) is 6.10. The van der Waals surface area contributed by atoms with Gasteiger partial charge >= 0.3 is 11.9 Å². The first-order valence-electron chi connectivity index (χ1n) is 5.33. The Labute approximate surface area is 103 Å². The Bertz CT molecular complexity index is 315. The molecule has 1 fully saturated rings. The van der Waals surface area contributed by atoms with Crippen LogP contribution in [0.15, 0.2) is 0 Å². The molecule has 1 rings (SSSR count). The van der Waals surface area contributed by atoms with Gasteiger partial charge < -0.3 is 29.5 Å². The third-order valence-corrected chi connectivity index (χ3v) is 2.42. The Morgan fingerprint density at radius 3 is 2.22 bits per heavy atom. The van der Waals surface area contributed by atoms with Gasteiger partial charge in [0.15, 0.2) is 12.4 Å². The Kier molecular flexibility index (Phi) is 5.03. The van der Waals surface area contributed by atoms with Crippen molar-refractivity contribution in [3.8, 4) is 0 Å². The van der Waals surface area contributed by atoms with Gasteiger partial charge in [-0.2, -0.15) is 0 Å². The van der Waals surface area contributed by atoms with Gasteiger partial charge in [-0.15, -0.1) is 0 Å². The smallest absolute Gasteiger partial charge is 0.303 e. The zero-order valence-electron chi connectivity index (χ0n) is 9.98. The Balaban J connectivity index is 2.64. The second-order valence-electron chi connectivity index (χ2n) is 3.92. The van der Waals surface area contributed by atoms with E-state index in [1.807, 2.05) is 0 Å². The minimum Gasteiger partial charge on any atom is -0.463 e. The van der Waals surface area contributed by atoms with Gasteiger partial charge in [-0.05, 0) is 0 Å². The van der Waals surface area contributed by atoms with Crippen LogP contribution >= 0.6 is 0 Å². The van der Waals surface area contributed by atoms with Crippen LogP contribution in [0.1, 0.15) is 13.8 Å².